The SMILES string of the molecule is NC(/N=C(\N=C\c1ccc(-n2c3ccc(-c4ccccc4)cc3c3cc4c5ccccc5n(-c5ccccc5)c4cc32)cc1)c1ccccc1)c1ccccc1. The zero-order chi connectivity index (χ0) is 37.4. The Morgan fingerprint density at radius 3 is 1.71 bits per heavy atom. The second-order valence-corrected chi connectivity index (χ2v) is 14.0. The normalized spacial score (nSPS) is 12.7. The fourth-order valence-corrected chi connectivity index (χ4v) is 7.90. The van der Waals surface area contributed by atoms with Crippen LogP contribution < -0.4 is 5.73 Å². The summed E-state index contributed by atoms with van der Waals surface area (Å²) >= 11 is 0. The topological polar surface area (TPSA) is 60.6 Å². The molecule has 0 aliphatic heterocycles. The number of benzene rings is 8. The fourth-order valence-electron chi connectivity index (χ4n) is 7.90. The third-order valence-electron chi connectivity index (χ3n) is 10.6. The molecule has 0 bridgehead atoms. The molecule has 0 saturated heterocycles. The number of aliphatic imine (C=N–C) groups is 2. The van der Waals surface area contributed by atoms with Crippen molar-refractivity contribution in [1.82, 2.24) is 9.13 Å². The minimum Gasteiger partial charge on any atom is -0.309 e. The summed E-state index contributed by atoms with van der Waals surface area (Å²) in [6, 6.07) is 70.1. The Labute approximate surface area is 325 Å². The molecule has 266 valence electrons. The van der Waals surface area contributed by atoms with Crippen molar-refractivity contribution >= 4 is 55.7 Å². The van der Waals surface area contributed by atoms with Crippen molar-refractivity contribution in [1.29, 1.82) is 0 Å². The maximum Gasteiger partial charge on any atom is 0.156 e. The van der Waals surface area contributed by atoms with Crippen LogP contribution in [-0.2, 0) is 0 Å². The van der Waals surface area contributed by atoms with E-state index in [1.54, 1.807) is 0 Å². The Kier molecular flexibility index (Phi) is 8.40. The molecule has 56 heavy (non-hydrogen) atoms. The standard InChI is InChI=1S/C51H37N5/c52-50(37-17-7-2-8-18-37)54-51(38-19-9-3-10-20-38)53-34-35-25-28-41(29-26-35)56-47-30-27-39(36-15-5-1-6-16-36)31-43(47)45-32-44-42-23-13-14-24-46(42)55(48(44)33-49(45)56)40-21-11-4-12-22-40/h1-34,50H,52H2/b53-34+,54-51-. The van der Waals surface area contributed by atoms with Crippen molar-refractivity contribution in [3.05, 3.63) is 217 Å². The Balaban J connectivity index is 1.13. The van der Waals surface area contributed by atoms with Gasteiger partial charge in [0.1, 0.15) is 6.17 Å². The van der Waals surface area contributed by atoms with Crippen LogP contribution in [0.5, 0.6) is 0 Å². The predicted octanol–water partition coefficient (Wildman–Crippen LogP) is 12.1. The van der Waals surface area contributed by atoms with E-state index in [9.17, 15) is 0 Å². The molecule has 5 nitrogen and oxygen atoms in total. The number of nitrogens with two attached hydrogens (primary N) is 1. The number of aromatic nitrogens is 2. The highest BCUT2D eigenvalue weighted by Gasteiger charge is 2.19. The minimum atomic E-state index is -0.532. The molecule has 0 spiro atoms. The quantitative estimate of drug-likeness (QED) is 0.129. The highest BCUT2D eigenvalue weighted by Crippen LogP contribution is 2.40. The van der Waals surface area contributed by atoms with Crippen LogP contribution in [0.15, 0.2) is 210 Å². The summed E-state index contributed by atoms with van der Waals surface area (Å²) < 4.78 is 4.78. The Bertz CT molecular complexity index is 3050. The second kappa shape index (κ2) is 14.1. The average molecular weight is 720 g/mol. The number of hydrogen-bond acceptors (Lipinski definition) is 2. The summed E-state index contributed by atoms with van der Waals surface area (Å²) in [6.07, 6.45) is 1.34. The van der Waals surface area contributed by atoms with Gasteiger partial charge in [-0.2, -0.15) is 0 Å². The van der Waals surface area contributed by atoms with Gasteiger partial charge in [-0.15, -0.1) is 0 Å². The summed E-state index contributed by atoms with van der Waals surface area (Å²) in [4.78, 5) is 9.74. The Morgan fingerprint density at radius 1 is 0.446 bits per heavy atom. The molecule has 0 fully saturated rings. The maximum atomic E-state index is 6.54. The van der Waals surface area contributed by atoms with E-state index < -0.39 is 6.17 Å². The highest BCUT2D eigenvalue weighted by atomic mass is 15.0. The molecular weight excluding hydrogens is 683 g/mol. The number of rotatable bonds is 7. The van der Waals surface area contributed by atoms with E-state index in [-0.39, 0.29) is 0 Å². The van der Waals surface area contributed by atoms with Gasteiger partial charge in [-0.1, -0.05) is 146 Å². The smallest absolute Gasteiger partial charge is 0.156 e. The lowest BCUT2D eigenvalue weighted by Gasteiger charge is -2.11. The lowest BCUT2D eigenvalue weighted by molar-refractivity contribution is 0.775. The first kappa shape index (κ1) is 33.2. The lowest BCUT2D eigenvalue weighted by Crippen LogP contribution is -2.11. The zero-order valence-corrected chi connectivity index (χ0v) is 30.6. The summed E-state index contributed by atoms with van der Waals surface area (Å²) in [5, 5.41) is 4.89. The van der Waals surface area contributed by atoms with Gasteiger partial charge in [0, 0.05) is 44.7 Å². The fraction of sp³-hybridized carbons (Fsp3) is 0.0196. The van der Waals surface area contributed by atoms with Crippen LogP contribution >= 0.6 is 0 Å². The van der Waals surface area contributed by atoms with E-state index in [4.69, 9.17) is 15.7 Å². The average Bonchev–Trinajstić information content (AvgIpc) is 3.77. The van der Waals surface area contributed by atoms with Gasteiger partial charge in [0.05, 0.1) is 22.1 Å². The van der Waals surface area contributed by atoms with Gasteiger partial charge in [0.25, 0.3) is 0 Å². The molecule has 0 radical (unpaired) electrons. The van der Waals surface area contributed by atoms with Crippen molar-refractivity contribution in [3.63, 3.8) is 0 Å². The van der Waals surface area contributed by atoms with Crippen LogP contribution in [0.4, 0.5) is 0 Å². The highest BCUT2D eigenvalue weighted by molar-refractivity contribution is 6.19. The number of fused-ring (bicyclic) bond motifs is 6. The molecule has 0 aliphatic carbocycles. The number of amidine groups is 1. The molecule has 8 aromatic carbocycles. The molecule has 0 aliphatic rings. The lowest BCUT2D eigenvalue weighted by atomic mass is 10.0. The van der Waals surface area contributed by atoms with Crippen LogP contribution in [0.25, 0.3) is 66.1 Å². The molecule has 2 heterocycles. The summed E-state index contributed by atoms with van der Waals surface area (Å²) in [5.74, 6) is 0.584. The Hall–Kier alpha value is -7.34. The van der Waals surface area contributed by atoms with Crippen LogP contribution in [-0.4, -0.2) is 21.2 Å². The molecule has 0 saturated carbocycles. The molecule has 1 unspecified atom stereocenters. The molecule has 0 amide bonds. The third kappa shape index (κ3) is 5.97. The van der Waals surface area contributed by atoms with Crippen LogP contribution in [0.1, 0.15) is 22.9 Å². The van der Waals surface area contributed by atoms with Crippen molar-refractivity contribution < 1.29 is 0 Å². The van der Waals surface area contributed by atoms with Crippen LogP contribution in [0.3, 0.4) is 0 Å². The zero-order valence-electron chi connectivity index (χ0n) is 30.6. The molecule has 5 heteroatoms. The molecule has 2 aromatic heterocycles. The van der Waals surface area contributed by atoms with E-state index in [2.05, 4.69) is 149 Å². The molecule has 10 rings (SSSR count). The van der Waals surface area contributed by atoms with Gasteiger partial charge in [0.2, 0.25) is 0 Å². The van der Waals surface area contributed by atoms with Crippen molar-refractivity contribution in [2.75, 3.05) is 0 Å². The third-order valence-corrected chi connectivity index (χ3v) is 10.6. The molecular formula is C51H37N5. The van der Waals surface area contributed by atoms with E-state index in [0.29, 0.717) is 5.84 Å². The summed E-state index contributed by atoms with van der Waals surface area (Å²) in [5.41, 5.74) is 18.6. The van der Waals surface area contributed by atoms with Crippen molar-refractivity contribution in [2.24, 2.45) is 15.7 Å². The van der Waals surface area contributed by atoms with E-state index in [1.807, 2.05) is 66.9 Å². The van der Waals surface area contributed by atoms with Crippen LogP contribution in [0.2, 0.25) is 0 Å². The van der Waals surface area contributed by atoms with Gasteiger partial charge in [-0.05, 0) is 76.9 Å². The maximum absolute atomic E-state index is 6.54. The summed E-state index contributed by atoms with van der Waals surface area (Å²) in [6.45, 7) is 0. The Morgan fingerprint density at radius 2 is 1.00 bits per heavy atom. The van der Waals surface area contributed by atoms with Crippen LogP contribution in [0, 0.1) is 0 Å². The molecule has 2 N–H and O–H groups in total. The molecule has 10 aromatic rings. The number of hydrogen-bond donors (Lipinski definition) is 1. The van der Waals surface area contributed by atoms with Gasteiger partial charge in [0.15, 0.2) is 5.84 Å². The van der Waals surface area contributed by atoms with E-state index in [0.717, 1.165) is 39.1 Å². The first-order valence-corrected chi connectivity index (χ1v) is 18.9. The van der Waals surface area contributed by atoms with E-state index in [1.165, 1.54) is 43.7 Å². The number of para-hydroxylation sites is 2. The van der Waals surface area contributed by atoms with Gasteiger partial charge in [-0.3, -0.25) is 0 Å². The summed E-state index contributed by atoms with van der Waals surface area (Å²) in [7, 11) is 0. The van der Waals surface area contributed by atoms with Gasteiger partial charge in [-0.25, -0.2) is 9.98 Å². The first-order chi connectivity index (χ1) is 27.7. The monoisotopic (exact) mass is 719 g/mol. The van der Waals surface area contributed by atoms with Crippen molar-refractivity contribution in [2.45, 2.75) is 6.17 Å². The van der Waals surface area contributed by atoms with Gasteiger partial charge < -0.3 is 14.9 Å². The molecule has 1 atom stereocenters. The van der Waals surface area contributed by atoms with E-state index >= 15 is 0 Å². The minimum absolute atomic E-state index is 0.532. The predicted molar refractivity (Wildman–Crippen MR) is 234 cm³/mol. The van der Waals surface area contributed by atoms with Crippen molar-refractivity contribution in [3.8, 4) is 22.5 Å². The largest absolute Gasteiger partial charge is 0.309 e. The second-order valence-electron chi connectivity index (χ2n) is 14.0. The first-order valence-electron chi connectivity index (χ1n) is 18.9. The number of nitrogens with zero attached hydrogens (tertiary/aromatic N) is 4. The van der Waals surface area contributed by atoms with Gasteiger partial charge >= 0.3 is 0 Å².